The molecular formula is C21H26N2O5S. The maximum atomic E-state index is 12.5. The van der Waals surface area contributed by atoms with Gasteiger partial charge in [-0.1, -0.05) is 0 Å². The highest BCUT2D eigenvalue weighted by molar-refractivity contribution is 7.89. The number of hydrogen-bond acceptors (Lipinski definition) is 5. The Kier molecular flexibility index (Phi) is 7.41. The zero-order valence-corrected chi connectivity index (χ0v) is 18.0. The van der Waals surface area contributed by atoms with Gasteiger partial charge >= 0.3 is 0 Å². The summed E-state index contributed by atoms with van der Waals surface area (Å²) < 4.78 is 36.7. The fourth-order valence-electron chi connectivity index (χ4n) is 2.46. The molecule has 1 amide bonds. The summed E-state index contributed by atoms with van der Waals surface area (Å²) in [5, 5.41) is 2.70. The number of carbonyl (C=O) groups is 1. The quantitative estimate of drug-likeness (QED) is 0.665. The molecule has 0 heterocycles. The Morgan fingerprint density at radius 1 is 1.07 bits per heavy atom. The van der Waals surface area contributed by atoms with Crippen LogP contribution in [0, 0.1) is 0 Å². The third-order valence-corrected chi connectivity index (χ3v) is 6.43. The number of carbonyl (C=O) groups excluding carboxylic acids is 1. The number of rotatable bonds is 8. The number of ether oxygens (including phenoxy) is 2. The first kappa shape index (κ1) is 22.4. The lowest BCUT2D eigenvalue weighted by molar-refractivity contribution is -0.111. The second-order valence-electron chi connectivity index (χ2n) is 6.57. The van der Waals surface area contributed by atoms with Crippen molar-refractivity contribution in [1.82, 2.24) is 4.31 Å². The van der Waals surface area contributed by atoms with Crippen molar-refractivity contribution in [2.24, 2.45) is 0 Å². The molecule has 1 N–H and O–H groups in total. The predicted molar refractivity (Wildman–Crippen MR) is 114 cm³/mol. The van der Waals surface area contributed by atoms with Gasteiger partial charge in [-0.25, -0.2) is 8.42 Å². The molecule has 0 aliphatic heterocycles. The molecule has 0 atom stereocenters. The summed E-state index contributed by atoms with van der Waals surface area (Å²) in [6, 6.07) is 11.2. The lowest BCUT2D eigenvalue weighted by Crippen LogP contribution is -2.33. The smallest absolute Gasteiger partial charge is 0.248 e. The van der Waals surface area contributed by atoms with Crippen LogP contribution in [0.2, 0.25) is 0 Å². The molecule has 0 aliphatic carbocycles. The standard InChI is InChI=1S/C21H26N2O5S/c1-15(2)23(3)29(25,26)19-11-8-17(9-12-19)22-21(24)13-7-16-6-10-18(27-4)14-20(16)28-5/h6-15H,1-5H3,(H,22,24)/b13-7+. The summed E-state index contributed by atoms with van der Waals surface area (Å²) in [7, 11) is 1.08. The summed E-state index contributed by atoms with van der Waals surface area (Å²) >= 11 is 0. The van der Waals surface area contributed by atoms with Crippen LogP contribution in [0.3, 0.4) is 0 Å². The van der Waals surface area contributed by atoms with E-state index in [4.69, 9.17) is 9.47 Å². The van der Waals surface area contributed by atoms with Gasteiger partial charge in [-0.2, -0.15) is 4.31 Å². The minimum Gasteiger partial charge on any atom is -0.497 e. The van der Waals surface area contributed by atoms with Crippen LogP contribution < -0.4 is 14.8 Å². The fraction of sp³-hybridized carbons (Fsp3) is 0.286. The average molecular weight is 419 g/mol. The number of anilines is 1. The molecule has 0 aliphatic rings. The van der Waals surface area contributed by atoms with Crippen LogP contribution in [-0.4, -0.2) is 45.9 Å². The monoisotopic (exact) mass is 418 g/mol. The highest BCUT2D eigenvalue weighted by Gasteiger charge is 2.22. The number of methoxy groups -OCH3 is 2. The molecule has 8 heteroatoms. The summed E-state index contributed by atoms with van der Waals surface area (Å²) in [4.78, 5) is 12.4. The highest BCUT2D eigenvalue weighted by Crippen LogP contribution is 2.25. The molecule has 29 heavy (non-hydrogen) atoms. The second-order valence-corrected chi connectivity index (χ2v) is 8.57. The Bertz CT molecular complexity index is 983. The summed E-state index contributed by atoms with van der Waals surface area (Å²) in [6.45, 7) is 3.60. The van der Waals surface area contributed by atoms with Gasteiger partial charge in [0.1, 0.15) is 11.5 Å². The van der Waals surface area contributed by atoms with Gasteiger partial charge in [-0.3, -0.25) is 4.79 Å². The van der Waals surface area contributed by atoms with Crippen LogP contribution in [0.4, 0.5) is 5.69 Å². The Labute approximate surface area is 172 Å². The number of hydrogen-bond donors (Lipinski definition) is 1. The van der Waals surface area contributed by atoms with Crippen molar-refractivity contribution < 1.29 is 22.7 Å². The normalized spacial score (nSPS) is 11.8. The van der Waals surface area contributed by atoms with Crippen molar-refractivity contribution in [3.63, 3.8) is 0 Å². The van der Waals surface area contributed by atoms with Gasteiger partial charge in [0.15, 0.2) is 0 Å². The third-order valence-electron chi connectivity index (χ3n) is 4.38. The molecule has 156 valence electrons. The maximum absolute atomic E-state index is 12.5. The van der Waals surface area contributed by atoms with E-state index >= 15 is 0 Å². The van der Waals surface area contributed by atoms with Gasteiger partial charge < -0.3 is 14.8 Å². The Morgan fingerprint density at radius 2 is 1.72 bits per heavy atom. The van der Waals surface area contributed by atoms with Crippen LogP contribution in [-0.2, 0) is 14.8 Å². The molecule has 7 nitrogen and oxygen atoms in total. The minimum absolute atomic E-state index is 0.153. The van der Waals surface area contributed by atoms with E-state index in [-0.39, 0.29) is 16.8 Å². The van der Waals surface area contributed by atoms with Crippen molar-refractivity contribution >= 4 is 27.7 Å². The molecule has 0 bridgehead atoms. The Morgan fingerprint density at radius 3 is 2.28 bits per heavy atom. The molecule has 0 unspecified atom stereocenters. The topological polar surface area (TPSA) is 84.9 Å². The molecule has 0 radical (unpaired) electrons. The van der Waals surface area contributed by atoms with Crippen molar-refractivity contribution in [2.45, 2.75) is 24.8 Å². The van der Waals surface area contributed by atoms with Gasteiger partial charge in [-0.15, -0.1) is 0 Å². The Hall–Kier alpha value is -2.84. The van der Waals surface area contributed by atoms with E-state index in [1.807, 2.05) is 0 Å². The largest absolute Gasteiger partial charge is 0.497 e. The van der Waals surface area contributed by atoms with Crippen molar-refractivity contribution in [2.75, 3.05) is 26.6 Å². The lowest BCUT2D eigenvalue weighted by atomic mass is 10.1. The second kappa shape index (κ2) is 9.58. The number of nitrogens with zero attached hydrogens (tertiary/aromatic N) is 1. The molecule has 2 aromatic rings. The first-order valence-corrected chi connectivity index (χ1v) is 10.4. The SMILES string of the molecule is COc1ccc(/C=C/C(=O)Nc2ccc(S(=O)(=O)N(C)C(C)C)cc2)c(OC)c1. The van der Waals surface area contributed by atoms with E-state index in [2.05, 4.69) is 5.32 Å². The maximum Gasteiger partial charge on any atom is 0.248 e. The number of amides is 1. The van der Waals surface area contributed by atoms with Crippen LogP contribution in [0.1, 0.15) is 19.4 Å². The summed E-state index contributed by atoms with van der Waals surface area (Å²) in [6.07, 6.45) is 3.01. The van der Waals surface area contributed by atoms with Crippen LogP contribution in [0.5, 0.6) is 11.5 Å². The van der Waals surface area contributed by atoms with Gasteiger partial charge in [0.2, 0.25) is 15.9 Å². The van der Waals surface area contributed by atoms with Crippen molar-refractivity contribution in [3.05, 3.63) is 54.1 Å². The van der Waals surface area contributed by atoms with Crippen LogP contribution in [0.15, 0.2) is 53.4 Å². The van der Waals surface area contributed by atoms with E-state index in [0.29, 0.717) is 17.2 Å². The number of benzene rings is 2. The molecule has 0 aromatic heterocycles. The average Bonchev–Trinajstić information content (AvgIpc) is 2.71. The van der Waals surface area contributed by atoms with E-state index in [1.54, 1.807) is 64.5 Å². The van der Waals surface area contributed by atoms with Crippen molar-refractivity contribution in [1.29, 1.82) is 0 Å². The van der Waals surface area contributed by atoms with Gasteiger partial charge in [-0.05, 0) is 56.3 Å². The number of nitrogens with one attached hydrogen (secondary N) is 1. The van der Waals surface area contributed by atoms with E-state index < -0.39 is 10.0 Å². The summed E-state index contributed by atoms with van der Waals surface area (Å²) in [5.74, 6) is 0.886. The molecule has 0 fully saturated rings. The molecule has 2 aromatic carbocycles. The first-order chi connectivity index (χ1) is 13.7. The number of sulfonamides is 1. The van der Waals surface area contributed by atoms with E-state index in [1.165, 1.54) is 29.6 Å². The zero-order valence-electron chi connectivity index (χ0n) is 17.2. The van der Waals surface area contributed by atoms with E-state index in [0.717, 1.165) is 5.56 Å². The highest BCUT2D eigenvalue weighted by atomic mass is 32.2. The van der Waals surface area contributed by atoms with Gasteiger partial charge in [0, 0.05) is 36.5 Å². The third kappa shape index (κ3) is 5.58. The Balaban J connectivity index is 2.09. The molecule has 2 rings (SSSR count). The first-order valence-electron chi connectivity index (χ1n) is 8.98. The minimum atomic E-state index is -3.56. The van der Waals surface area contributed by atoms with E-state index in [9.17, 15) is 13.2 Å². The molecule has 0 spiro atoms. The van der Waals surface area contributed by atoms with Crippen molar-refractivity contribution in [3.8, 4) is 11.5 Å². The van der Waals surface area contributed by atoms with Crippen LogP contribution >= 0.6 is 0 Å². The van der Waals surface area contributed by atoms with Gasteiger partial charge in [0.25, 0.3) is 0 Å². The lowest BCUT2D eigenvalue weighted by Gasteiger charge is -2.21. The zero-order chi connectivity index (χ0) is 21.6. The summed E-state index contributed by atoms with van der Waals surface area (Å²) in [5.41, 5.74) is 1.22. The molecular weight excluding hydrogens is 392 g/mol. The fourth-order valence-corrected chi connectivity index (χ4v) is 3.83. The molecule has 0 saturated heterocycles. The van der Waals surface area contributed by atoms with Crippen LogP contribution in [0.25, 0.3) is 6.08 Å². The molecule has 0 saturated carbocycles. The van der Waals surface area contributed by atoms with Gasteiger partial charge in [0.05, 0.1) is 19.1 Å². The predicted octanol–water partition coefficient (Wildman–Crippen LogP) is 3.38.